The fourth-order valence-corrected chi connectivity index (χ4v) is 3.46. The molecular weight excluding hydrogens is 260 g/mol. The lowest BCUT2D eigenvalue weighted by Crippen LogP contribution is -2.40. The van der Waals surface area contributed by atoms with Crippen molar-refractivity contribution in [1.82, 2.24) is 10.2 Å². The van der Waals surface area contributed by atoms with E-state index in [1.807, 2.05) is 0 Å². The van der Waals surface area contributed by atoms with Crippen molar-refractivity contribution in [2.24, 2.45) is 5.92 Å². The van der Waals surface area contributed by atoms with Crippen LogP contribution in [0.2, 0.25) is 0 Å². The Labute approximate surface area is 128 Å². The summed E-state index contributed by atoms with van der Waals surface area (Å²) in [7, 11) is 0. The molecule has 1 aromatic carbocycles. The Morgan fingerprint density at radius 1 is 1.38 bits per heavy atom. The zero-order valence-electron chi connectivity index (χ0n) is 13.4. The first-order chi connectivity index (χ1) is 10.2. The number of hydrogen-bond acceptors (Lipinski definition) is 3. The van der Waals surface area contributed by atoms with Crippen LogP contribution in [-0.2, 0) is 13.0 Å². The third-order valence-corrected chi connectivity index (χ3v) is 4.58. The monoisotopic (exact) mass is 288 g/mol. The Hall–Kier alpha value is -1.06. The van der Waals surface area contributed by atoms with Crippen molar-refractivity contribution in [1.29, 1.82) is 0 Å². The van der Waals surface area contributed by atoms with Gasteiger partial charge in [-0.2, -0.15) is 0 Å². The van der Waals surface area contributed by atoms with Crippen LogP contribution in [0.5, 0.6) is 5.75 Å². The minimum atomic E-state index is 0.595. The number of likely N-dealkylation sites (tertiary alicyclic amines) is 1. The molecule has 0 amide bonds. The van der Waals surface area contributed by atoms with E-state index < -0.39 is 0 Å². The molecule has 0 spiro atoms. The van der Waals surface area contributed by atoms with Gasteiger partial charge in [0.2, 0.25) is 0 Å². The van der Waals surface area contributed by atoms with Crippen molar-refractivity contribution in [3.8, 4) is 5.75 Å². The minimum absolute atomic E-state index is 0.595. The van der Waals surface area contributed by atoms with Crippen molar-refractivity contribution in [2.45, 2.75) is 45.7 Å². The molecule has 2 aliphatic rings. The molecule has 1 unspecified atom stereocenters. The van der Waals surface area contributed by atoms with Gasteiger partial charge in [0, 0.05) is 25.6 Å². The van der Waals surface area contributed by atoms with Crippen LogP contribution in [0.25, 0.3) is 0 Å². The summed E-state index contributed by atoms with van der Waals surface area (Å²) in [4.78, 5) is 2.62. The summed E-state index contributed by atoms with van der Waals surface area (Å²) >= 11 is 0. The van der Waals surface area contributed by atoms with Crippen LogP contribution < -0.4 is 10.1 Å². The second-order valence-corrected chi connectivity index (χ2v) is 6.85. The van der Waals surface area contributed by atoms with Gasteiger partial charge < -0.3 is 10.1 Å². The standard InChI is InChI=1S/C18H28N2O/c1-14(2)19-11-16-4-3-8-20(13-16)12-15-5-6-18-17(10-15)7-9-21-18/h5-6,10,14,16,19H,3-4,7-9,11-13H2,1-2H3. The fourth-order valence-electron chi connectivity index (χ4n) is 3.46. The highest BCUT2D eigenvalue weighted by atomic mass is 16.5. The maximum atomic E-state index is 5.59. The summed E-state index contributed by atoms with van der Waals surface area (Å²) in [5.41, 5.74) is 2.83. The van der Waals surface area contributed by atoms with E-state index in [0.29, 0.717) is 6.04 Å². The van der Waals surface area contributed by atoms with Crippen LogP contribution in [0, 0.1) is 5.92 Å². The Bertz CT molecular complexity index is 472. The molecule has 3 heteroatoms. The molecule has 2 aliphatic heterocycles. The maximum Gasteiger partial charge on any atom is 0.122 e. The SMILES string of the molecule is CC(C)NCC1CCCN(Cc2ccc3c(c2)CCO3)C1. The first-order valence-electron chi connectivity index (χ1n) is 8.41. The highest BCUT2D eigenvalue weighted by Crippen LogP contribution is 2.27. The molecule has 2 heterocycles. The summed E-state index contributed by atoms with van der Waals surface area (Å²) in [5, 5.41) is 3.59. The molecule has 0 aliphatic carbocycles. The Morgan fingerprint density at radius 3 is 3.14 bits per heavy atom. The lowest BCUT2D eigenvalue weighted by Gasteiger charge is -2.33. The number of nitrogens with one attached hydrogen (secondary N) is 1. The molecule has 0 aromatic heterocycles. The smallest absolute Gasteiger partial charge is 0.122 e. The molecule has 0 bridgehead atoms. The highest BCUT2D eigenvalue weighted by Gasteiger charge is 2.20. The van der Waals surface area contributed by atoms with Crippen molar-refractivity contribution in [3.63, 3.8) is 0 Å². The molecule has 3 rings (SSSR count). The van der Waals surface area contributed by atoms with E-state index >= 15 is 0 Å². The van der Waals surface area contributed by atoms with E-state index in [-0.39, 0.29) is 0 Å². The number of ether oxygens (including phenoxy) is 1. The second-order valence-electron chi connectivity index (χ2n) is 6.85. The van der Waals surface area contributed by atoms with E-state index in [1.165, 1.54) is 37.1 Å². The zero-order valence-corrected chi connectivity index (χ0v) is 13.4. The largest absolute Gasteiger partial charge is 0.493 e. The minimum Gasteiger partial charge on any atom is -0.493 e. The number of hydrogen-bond donors (Lipinski definition) is 1. The molecule has 1 N–H and O–H groups in total. The average Bonchev–Trinajstić information content (AvgIpc) is 2.93. The van der Waals surface area contributed by atoms with E-state index in [0.717, 1.165) is 37.8 Å². The van der Waals surface area contributed by atoms with E-state index in [2.05, 4.69) is 42.3 Å². The fraction of sp³-hybridized carbons (Fsp3) is 0.667. The molecule has 1 aromatic rings. The van der Waals surface area contributed by atoms with Crippen LogP contribution in [0.3, 0.4) is 0 Å². The topological polar surface area (TPSA) is 24.5 Å². The van der Waals surface area contributed by atoms with E-state index in [4.69, 9.17) is 4.74 Å². The predicted octanol–water partition coefficient (Wildman–Crippen LogP) is 2.83. The Kier molecular flexibility index (Phi) is 4.81. The van der Waals surface area contributed by atoms with E-state index in [9.17, 15) is 0 Å². The first-order valence-corrected chi connectivity index (χ1v) is 8.41. The third kappa shape index (κ3) is 3.98. The van der Waals surface area contributed by atoms with Crippen molar-refractivity contribution in [3.05, 3.63) is 29.3 Å². The number of nitrogens with zero attached hydrogens (tertiary/aromatic N) is 1. The summed E-state index contributed by atoms with van der Waals surface area (Å²) in [5.74, 6) is 1.90. The van der Waals surface area contributed by atoms with E-state index in [1.54, 1.807) is 0 Å². The van der Waals surface area contributed by atoms with Crippen molar-refractivity contribution in [2.75, 3.05) is 26.2 Å². The molecule has 0 radical (unpaired) electrons. The number of benzene rings is 1. The molecule has 1 atom stereocenters. The number of piperidine rings is 1. The van der Waals surface area contributed by atoms with Crippen LogP contribution in [0.1, 0.15) is 37.8 Å². The summed E-state index contributed by atoms with van der Waals surface area (Å²) in [6.07, 6.45) is 3.77. The first kappa shape index (κ1) is 14.9. The van der Waals surface area contributed by atoms with Crippen molar-refractivity contribution < 1.29 is 4.74 Å². The summed E-state index contributed by atoms with van der Waals surface area (Å²) in [6.45, 7) is 10.0. The van der Waals surface area contributed by atoms with Gasteiger partial charge in [-0.05, 0) is 49.0 Å². The predicted molar refractivity (Wildman–Crippen MR) is 86.8 cm³/mol. The molecule has 21 heavy (non-hydrogen) atoms. The molecule has 116 valence electrons. The Balaban J connectivity index is 1.54. The average molecular weight is 288 g/mol. The van der Waals surface area contributed by atoms with Crippen LogP contribution in [0.4, 0.5) is 0 Å². The van der Waals surface area contributed by atoms with Gasteiger partial charge in [-0.3, -0.25) is 4.90 Å². The van der Waals surface area contributed by atoms with Gasteiger partial charge in [-0.15, -0.1) is 0 Å². The van der Waals surface area contributed by atoms with Gasteiger partial charge in [0.05, 0.1) is 6.61 Å². The normalized spacial score (nSPS) is 22.3. The highest BCUT2D eigenvalue weighted by molar-refractivity contribution is 5.39. The van der Waals surface area contributed by atoms with Gasteiger partial charge in [0.25, 0.3) is 0 Å². The molecular formula is C18H28N2O. The molecule has 0 saturated carbocycles. The summed E-state index contributed by atoms with van der Waals surface area (Å²) < 4.78 is 5.59. The lowest BCUT2D eigenvalue weighted by atomic mass is 9.97. The van der Waals surface area contributed by atoms with Gasteiger partial charge in [0.1, 0.15) is 5.75 Å². The summed E-state index contributed by atoms with van der Waals surface area (Å²) in [6, 6.07) is 7.33. The number of rotatable bonds is 5. The van der Waals surface area contributed by atoms with Gasteiger partial charge in [0.15, 0.2) is 0 Å². The second kappa shape index (κ2) is 6.80. The van der Waals surface area contributed by atoms with Gasteiger partial charge >= 0.3 is 0 Å². The Morgan fingerprint density at radius 2 is 2.29 bits per heavy atom. The molecule has 1 saturated heterocycles. The van der Waals surface area contributed by atoms with Gasteiger partial charge in [-0.25, -0.2) is 0 Å². The number of fused-ring (bicyclic) bond motifs is 1. The maximum absolute atomic E-state index is 5.59. The zero-order chi connectivity index (χ0) is 14.7. The quantitative estimate of drug-likeness (QED) is 0.901. The van der Waals surface area contributed by atoms with Crippen LogP contribution >= 0.6 is 0 Å². The third-order valence-electron chi connectivity index (χ3n) is 4.58. The van der Waals surface area contributed by atoms with Crippen molar-refractivity contribution >= 4 is 0 Å². The van der Waals surface area contributed by atoms with Gasteiger partial charge in [-0.1, -0.05) is 26.0 Å². The van der Waals surface area contributed by atoms with Crippen LogP contribution in [-0.4, -0.2) is 37.2 Å². The molecule has 3 nitrogen and oxygen atoms in total. The van der Waals surface area contributed by atoms with Crippen LogP contribution in [0.15, 0.2) is 18.2 Å². The molecule has 1 fully saturated rings. The lowest BCUT2D eigenvalue weighted by molar-refractivity contribution is 0.164.